The highest BCUT2D eigenvalue weighted by Crippen LogP contribution is 2.37. The lowest BCUT2D eigenvalue weighted by molar-refractivity contribution is 0.0182. The second-order valence-corrected chi connectivity index (χ2v) is 5.01. The minimum absolute atomic E-state index is 0. The molecule has 116 valence electrons. The van der Waals surface area contributed by atoms with Gasteiger partial charge in [0, 0.05) is 41.8 Å². The molecule has 0 saturated carbocycles. The van der Waals surface area contributed by atoms with Gasteiger partial charge in [-0.05, 0) is 12.1 Å². The Morgan fingerprint density at radius 1 is 1.05 bits per heavy atom. The third-order valence-corrected chi connectivity index (χ3v) is 3.74. The molecule has 1 aliphatic heterocycles. The third kappa shape index (κ3) is 4.58. The molecule has 0 unspecified atom stereocenters. The van der Waals surface area contributed by atoms with Crippen LogP contribution in [0.2, 0.25) is 10.0 Å². The van der Waals surface area contributed by atoms with Crippen LogP contribution in [0.5, 0.6) is 0 Å². The van der Waals surface area contributed by atoms with Crippen molar-refractivity contribution in [2.24, 2.45) is 0 Å². The highest BCUT2D eigenvalue weighted by Gasteiger charge is 2.33. The van der Waals surface area contributed by atoms with E-state index in [2.05, 4.69) is 5.32 Å². The molecule has 0 spiro atoms. The van der Waals surface area contributed by atoms with Crippen LogP contribution in [0.15, 0.2) is 18.2 Å². The summed E-state index contributed by atoms with van der Waals surface area (Å²) >= 11 is 12.1. The van der Waals surface area contributed by atoms with Crippen LogP contribution in [0.25, 0.3) is 0 Å². The zero-order valence-electron chi connectivity index (χ0n) is 10.5. The maximum absolute atomic E-state index is 13.4. The summed E-state index contributed by atoms with van der Waals surface area (Å²) in [6, 6.07) is 3.82. The first-order valence-electron chi connectivity index (χ1n) is 5.78. The average Bonchev–Trinajstić information content (AvgIpc) is 2.34. The molecule has 2 nitrogen and oxygen atoms in total. The molecule has 1 N–H and O–H groups in total. The van der Waals surface area contributed by atoms with Crippen LogP contribution < -0.4 is 5.32 Å². The number of nitrogens with zero attached hydrogens (tertiary/aromatic N) is 1. The Morgan fingerprint density at radius 2 is 1.55 bits per heavy atom. The summed E-state index contributed by atoms with van der Waals surface area (Å²) in [4.78, 5) is 1.73. The molecule has 0 aromatic heterocycles. The van der Waals surface area contributed by atoms with Crippen molar-refractivity contribution in [3.63, 3.8) is 0 Å². The summed E-state index contributed by atoms with van der Waals surface area (Å²) in [7, 11) is 0. The van der Waals surface area contributed by atoms with E-state index in [4.69, 9.17) is 23.2 Å². The Bertz CT molecular complexity index is 394. The molecule has 0 radical (unpaired) electrons. The third-order valence-electron chi connectivity index (χ3n) is 3.08. The molecule has 1 aliphatic rings. The molecule has 20 heavy (non-hydrogen) atoms. The fraction of sp³-hybridized carbons (Fsp3) is 0.500. The lowest BCUT2D eigenvalue weighted by Crippen LogP contribution is -2.47. The molecule has 1 fully saturated rings. The number of nitrogens with one attached hydrogen (secondary N) is 1. The largest absolute Gasteiger partial charge is 0.314 e. The molecule has 1 heterocycles. The van der Waals surface area contributed by atoms with Gasteiger partial charge in [-0.15, -0.1) is 24.8 Å². The number of hydrogen-bond acceptors (Lipinski definition) is 2. The summed E-state index contributed by atoms with van der Waals surface area (Å²) in [5.74, 6) is 0. The molecule has 8 heteroatoms. The first kappa shape index (κ1) is 20.2. The maximum Gasteiger partial charge on any atom is 0.258 e. The highest BCUT2D eigenvalue weighted by molar-refractivity contribution is 6.36. The van der Waals surface area contributed by atoms with Crippen molar-refractivity contribution in [1.82, 2.24) is 10.2 Å². The summed E-state index contributed by atoms with van der Waals surface area (Å²) in [5, 5.41) is 3.73. The van der Waals surface area contributed by atoms with Gasteiger partial charge in [-0.2, -0.15) is 0 Å². The van der Waals surface area contributed by atoms with Gasteiger partial charge in [-0.25, -0.2) is 8.78 Å². The second kappa shape index (κ2) is 9.23. The molecular formula is C12H16Cl4F2N2. The van der Waals surface area contributed by atoms with E-state index in [-0.39, 0.29) is 24.8 Å². The van der Waals surface area contributed by atoms with Crippen molar-refractivity contribution in [3.8, 4) is 0 Å². The van der Waals surface area contributed by atoms with Gasteiger partial charge in [0.1, 0.15) is 0 Å². The Morgan fingerprint density at radius 3 is 2.00 bits per heavy atom. The molecule has 1 aromatic carbocycles. The van der Waals surface area contributed by atoms with Gasteiger partial charge in [0.05, 0.1) is 6.04 Å². The number of halogens is 6. The standard InChI is InChI=1S/C12H14Cl2F2N2.2ClH/c13-8-2-1-3-9(14)10(8)11(12(15)16)18-6-4-17-5-7-18;;/h1-3,11-12,17H,4-7H2;2*1H/t11-;;/m1../s1. The Kier molecular flexibility index (Phi) is 9.31. The van der Waals surface area contributed by atoms with E-state index in [1.165, 1.54) is 0 Å². The second-order valence-electron chi connectivity index (χ2n) is 4.20. The van der Waals surface area contributed by atoms with Crippen LogP contribution in [0.1, 0.15) is 11.6 Å². The first-order chi connectivity index (χ1) is 8.61. The first-order valence-corrected chi connectivity index (χ1v) is 6.53. The Balaban J connectivity index is 0.00000180. The smallest absolute Gasteiger partial charge is 0.258 e. The fourth-order valence-corrected chi connectivity index (χ4v) is 2.84. The van der Waals surface area contributed by atoms with Crippen LogP contribution in [0, 0.1) is 0 Å². The fourth-order valence-electron chi connectivity index (χ4n) is 2.22. The van der Waals surface area contributed by atoms with E-state index < -0.39 is 12.5 Å². The molecular weight excluding hydrogens is 352 g/mol. The molecule has 1 saturated heterocycles. The van der Waals surface area contributed by atoms with Crippen LogP contribution in [-0.4, -0.2) is 37.5 Å². The molecule has 0 amide bonds. The van der Waals surface area contributed by atoms with Crippen molar-refractivity contribution in [2.75, 3.05) is 26.2 Å². The predicted molar refractivity (Wildman–Crippen MR) is 84.1 cm³/mol. The van der Waals surface area contributed by atoms with Gasteiger partial charge in [0.2, 0.25) is 0 Å². The number of hydrogen-bond donors (Lipinski definition) is 1. The minimum Gasteiger partial charge on any atom is -0.314 e. The van der Waals surface area contributed by atoms with Gasteiger partial charge < -0.3 is 5.32 Å². The maximum atomic E-state index is 13.4. The zero-order chi connectivity index (χ0) is 13.1. The van der Waals surface area contributed by atoms with E-state index in [1.54, 1.807) is 23.1 Å². The van der Waals surface area contributed by atoms with Crippen molar-refractivity contribution in [2.45, 2.75) is 12.5 Å². The molecule has 1 aromatic rings. The van der Waals surface area contributed by atoms with E-state index in [0.717, 1.165) is 0 Å². The number of piperazine rings is 1. The summed E-state index contributed by atoms with van der Waals surface area (Å²) in [6.07, 6.45) is -2.51. The Labute approximate surface area is 139 Å². The van der Waals surface area contributed by atoms with Gasteiger partial charge in [0.25, 0.3) is 6.43 Å². The topological polar surface area (TPSA) is 15.3 Å². The molecule has 0 bridgehead atoms. The molecule has 0 aliphatic carbocycles. The summed E-state index contributed by atoms with van der Waals surface area (Å²) in [6.45, 7) is 2.53. The van der Waals surface area contributed by atoms with Crippen LogP contribution >= 0.6 is 48.0 Å². The molecule has 1 atom stereocenters. The van der Waals surface area contributed by atoms with Crippen LogP contribution in [0.4, 0.5) is 8.78 Å². The van der Waals surface area contributed by atoms with E-state index in [1.807, 2.05) is 0 Å². The Hall–Kier alpha value is 0.160. The number of alkyl halides is 2. The van der Waals surface area contributed by atoms with Gasteiger partial charge >= 0.3 is 0 Å². The van der Waals surface area contributed by atoms with Crippen LogP contribution in [-0.2, 0) is 0 Å². The minimum atomic E-state index is -2.51. The quantitative estimate of drug-likeness (QED) is 0.866. The SMILES string of the molecule is Cl.Cl.FC(F)[C@@H](c1c(Cl)cccc1Cl)N1CCNCC1. The van der Waals surface area contributed by atoms with Crippen molar-refractivity contribution in [1.29, 1.82) is 0 Å². The van der Waals surface area contributed by atoms with Crippen molar-refractivity contribution < 1.29 is 8.78 Å². The van der Waals surface area contributed by atoms with Crippen molar-refractivity contribution >= 4 is 48.0 Å². The lowest BCUT2D eigenvalue weighted by atomic mass is 10.0. The number of benzene rings is 1. The zero-order valence-corrected chi connectivity index (χ0v) is 13.6. The van der Waals surface area contributed by atoms with E-state index in [0.29, 0.717) is 41.8 Å². The van der Waals surface area contributed by atoms with Crippen LogP contribution in [0.3, 0.4) is 0 Å². The normalized spacial score (nSPS) is 17.2. The van der Waals surface area contributed by atoms with Gasteiger partial charge in [0.15, 0.2) is 0 Å². The predicted octanol–water partition coefficient (Wildman–Crippen LogP) is 4.05. The number of rotatable bonds is 3. The van der Waals surface area contributed by atoms with Gasteiger partial charge in [-0.1, -0.05) is 29.3 Å². The van der Waals surface area contributed by atoms with Gasteiger partial charge in [-0.3, -0.25) is 4.90 Å². The summed E-state index contributed by atoms with van der Waals surface area (Å²) in [5.41, 5.74) is 0.331. The van der Waals surface area contributed by atoms with Crippen molar-refractivity contribution in [3.05, 3.63) is 33.8 Å². The van der Waals surface area contributed by atoms with E-state index in [9.17, 15) is 8.78 Å². The van der Waals surface area contributed by atoms with E-state index >= 15 is 0 Å². The monoisotopic (exact) mass is 366 g/mol. The average molecular weight is 368 g/mol. The highest BCUT2D eigenvalue weighted by atomic mass is 35.5. The molecule has 2 rings (SSSR count). The summed E-state index contributed by atoms with van der Waals surface area (Å²) < 4.78 is 26.7. The lowest BCUT2D eigenvalue weighted by Gasteiger charge is -2.35.